The third-order valence-corrected chi connectivity index (χ3v) is 4.97. The molecule has 1 saturated heterocycles. The number of benzene rings is 1. The van der Waals surface area contributed by atoms with Crippen molar-refractivity contribution in [1.82, 2.24) is 4.90 Å². The Morgan fingerprint density at radius 1 is 1.43 bits per heavy atom. The number of halogens is 1. The van der Waals surface area contributed by atoms with Crippen LogP contribution in [0.25, 0.3) is 0 Å². The van der Waals surface area contributed by atoms with Crippen LogP contribution in [-0.4, -0.2) is 37.2 Å². The molecule has 2 unspecified atom stereocenters. The van der Waals surface area contributed by atoms with Gasteiger partial charge in [0.1, 0.15) is 5.75 Å². The van der Waals surface area contributed by atoms with E-state index >= 15 is 0 Å². The van der Waals surface area contributed by atoms with Gasteiger partial charge >= 0.3 is 0 Å². The predicted octanol–water partition coefficient (Wildman–Crippen LogP) is 3.59. The first-order valence-electron chi connectivity index (χ1n) is 7.93. The highest BCUT2D eigenvalue weighted by Crippen LogP contribution is 2.24. The molecule has 21 heavy (non-hydrogen) atoms. The Kier molecular flexibility index (Phi) is 6.52. The minimum Gasteiger partial charge on any atom is -0.494 e. The Morgan fingerprint density at radius 2 is 2.24 bits per heavy atom. The fraction of sp³-hybridized carbons (Fsp3) is 0.647. The van der Waals surface area contributed by atoms with E-state index in [0.29, 0.717) is 6.04 Å². The zero-order valence-corrected chi connectivity index (χ0v) is 14.7. The van der Waals surface area contributed by atoms with Crippen LogP contribution in [0.5, 0.6) is 5.75 Å². The topological polar surface area (TPSA) is 38.5 Å². The van der Waals surface area contributed by atoms with Gasteiger partial charge in [0.25, 0.3) is 0 Å². The molecule has 4 heteroatoms. The van der Waals surface area contributed by atoms with E-state index in [4.69, 9.17) is 10.5 Å². The molecule has 2 rings (SSSR count). The molecule has 2 atom stereocenters. The molecule has 1 aromatic carbocycles. The zero-order valence-electron chi connectivity index (χ0n) is 13.1. The van der Waals surface area contributed by atoms with Gasteiger partial charge < -0.3 is 15.4 Å². The van der Waals surface area contributed by atoms with Crippen LogP contribution >= 0.6 is 15.9 Å². The van der Waals surface area contributed by atoms with Crippen LogP contribution in [0.3, 0.4) is 0 Å². The molecule has 0 aliphatic carbocycles. The highest BCUT2D eigenvalue weighted by atomic mass is 79.9. The normalized spacial score (nSPS) is 21.2. The summed E-state index contributed by atoms with van der Waals surface area (Å²) in [5.41, 5.74) is 7.11. The van der Waals surface area contributed by atoms with Crippen molar-refractivity contribution in [3.05, 3.63) is 28.2 Å². The van der Waals surface area contributed by atoms with Gasteiger partial charge in [-0.15, -0.1) is 0 Å². The van der Waals surface area contributed by atoms with Crippen LogP contribution < -0.4 is 10.5 Å². The second-order valence-electron chi connectivity index (χ2n) is 6.20. The van der Waals surface area contributed by atoms with E-state index in [-0.39, 0.29) is 6.04 Å². The van der Waals surface area contributed by atoms with Crippen LogP contribution in [0.1, 0.15) is 38.2 Å². The molecule has 1 heterocycles. The van der Waals surface area contributed by atoms with Gasteiger partial charge in [0.2, 0.25) is 0 Å². The molecular weight excluding hydrogens is 328 g/mol. The number of nitrogens with two attached hydrogens (primary N) is 1. The molecule has 0 aromatic heterocycles. The molecule has 0 radical (unpaired) electrons. The summed E-state index contributed by atoms with van der Waals surface area (Å²) in [5.74, 6) is 0.951. The molecule has 118 valence electrons. The largest absolute Gasteiger partial charge is 0.494 e. The van der Waals surface area contributed by atoms with Crippen LogP contribution in [0.2, 0.25) is 0 Å². The highest BCUT2D eigenvalue weighted by Gasteiger charge is 2.18. The van der Waals surface area contributed by atoms with Crippen molar-refractivity contribution >= 4 is 15.9 Å². The number of piperidine rings is 1. The first kappa shape index (κ1) is 16.8. The predicted molar refractivity (Wildman–Crippen MR) is 91.9 cm³/mol. The molecule has 2 N–H and O–H groups in total. The fourth-order valence-corrected chi connectivity index (χ4v) is 3.37. The molecule has 1 fully saturated rings. The molecule has 1 aromatic rings. The summed E-state index contributed by atoms with van der Waals surface area (Å²) in [6.07, 6.45) is 5.96. The van der Waals surface area contributed by atoms with Crippen molar-refractivity contribution < 1.29 is 4.74 Å². The quantitative estimate of drug-likeness (QED) is 0.848. The molecular formula is C17H27BrN2O. The second kappa shape index (κ2) is 8.16. The van der Waals surface area contributed by atoms with E-state index in [1.54, 1.807) is 0 Å². The monoisotopic (exact) mass is 354 g/mol. The summed E-state index contributed by atoms with van der Waals surface area (Å²) in [7, 11) is 2.23. The maximum atomic E-state index is 5.95. The maximum absolute atomic E-state index is 5.95. The van der Waals surface area contributed by atoms with Gasteiger partial charge in [-0.3, -0.25) is 0 Å². The Morgan fingerprint density at radius 3 is 2.95 bits per heavy atom. The summed E-state index contributed by atoms with van der Waals surface area (Å²) in [4.78, 5) is 2.47. The van der Waals surface area contributed by atoms with Crippen LogP contribution in [0.4, 0.5) is 0 Å². The Labute approximate surface area is 137 Å². The first-order valence-corrected chi connectivity index (χ1v) is 8.72. The smallest absolute Gasteiger partial charge is 0.119 e. The maximum Gasteiger partial charge on any atom is 0.119 e. The SMILES string of the molecule is CC(N)Cc1cc(OCCC2CCCCN2C)ccc1Br. The summed E-state index contributed by atoms with van der Waals surface area (Å²) < 4.78 is 7.06. The lowest BCUT2D eigenvalue weighted by Gasteiger charge is -2.32. The molecule has 0 spiro atoms. The standard InChI is InChI=1S/C17H27BrN2O/c1-13(19)11-14-12-16(6-7-17(14)18)21-10-8-15-5-3-4-9-20(15)2/h6-7,12-13,15H,3-5,8-11,19H2,1-2H3. The molecule has 3 nitrogen and oxygen atoms in total. The number of hydrogen-bond donors (Lipinski definition) is 1. The van der Waals surface area contributed by atoms with Gasteiger partial charge in [-0.05, 0) is 70.0 Å². The average molecular weight is 355 g/mol. The number of hydrogen-bond acceptors (Lipinski definition) is 3. The first-order chi connectivity index (χ1) is 10.1. The zero-order chi connectivity index (χ0) is 15.2. The Hall–Kier alpha value is -0.580. The van der Waals surface area contributed by atoms with Crippen molar-refractivity contribution in [2.45, 2.75) is 51.1 Å². The van der Waals surface area contributed by atoms with Crippen LogP contribution in [0.15, 0.2) is 22.7 Å². The fourth-order valence-electron chi connectivity index (χ4n) is 2.97. The summed E-state index contributed by atoms with van der Waals surface area (Å²) in [5, 5.41) is 0. The molecule has 1 aliphatic rings. The number of ether oxygens (including phenoxy) is 1. The summed E-state index contributed by atoms with van der Waals surface area (Å²) in [6.45, 7) is 4.04. The lowest BCUT2D eigenvalue weighted by molar-refractivity contribution is 0.153. The van der Waals surface area contributed by atoms with Crippen LogP contribution in [-0.2, 0) is 6.42 Å². The van der Waals surface area contributed by atoms with E-state index in [0.717, 1.165) is 29.7 Å². The van der Waals surface area contributed by atoms with Gasteiger partial charge in [-0.1, -0.05) is 22.4 Å². The van der Waals surface area contributed by atoms with Crippen molar-refractivity contribution in [3.63, 3.8) is 0 Å². The van der Waals surface area contributed by atoms with Gasteiger partial charge in [-0.25, -0.2) is 0 Å². The summed E-state index contributed by atoms with van der Waals surface area (Å²) in [6, 6.07) is 7.03. The van der Waals surface area contributed by atoms with Crippen LogP contribution in [0, 0.1) is 0 Å². The van der Waals surface area contributed by atoms with E-state index in [2.05, 4.69) is 40.0 Å². The van der Waals surface area contributed by atoms with Gasteiger partial charge in [0.05, 0.1) is 6.61 Å². The minimum atomic E-state index is 0.160. The number of likely N-dealkylation sites (tertiary alicyclic amines) is 1. The van der Waals surface area contributed by atoms with Gasteiger partial charge in [0, 0.05) is 16.6 Å². The van der Waals surface area contributed by atoms with E-state index in [1.165, 1.54) is 31.4 Å². The Balaban J connectivity index is 1.85. The van der Waals surface area contributed by atoms with E-state index in [9.17, 15) is 0 Å². The van der Waals surface area contributed by atoms with Gasteiger partial charge in [-0.2, -0.15) is 0 Å². The lowest BCUT2D eigenvalue weighted by Crippen LogP contribution is -2.37. The third-order valence-electron chi connectivity index (χ3n) is 4.20. The third kappa shape index (κ3) is 5.28. The van der Waals surface area contributed by atoms with Crippen molar-refractivity contribution in [3.8, 4) is 5.75 Å². The molecule has 0 amide bonds. The van der Waals surface area contributed by atoms with E-state index < -0.39 is 0 Å². The van der Waals surface area contributed by atoms with Crippen molar-refractivity contribution in [1.29, 1.82) is 0 Å². The highest BCUT2D eigenvalue weighted by molar-refractivity contribution is 9.10. The second-order valence-corrected chi connectivity index (χ2v) is 7.06. The van der Waals surface area contributed by atoms with Crippen molar-refractivity contribution in [2.24, 2.45) is 5.73 Å². The van der Waals surface area contributed by atoms with Crippen molar-refractivity contribution in [2.75, 3.05) is 20.2 Å². The number of rotatable bonds is 6. The number of nitrogens with zero attached hydrogens (tertiary/aromatic N) is 1. The molecule has 0 bridgehead atoms. The minimum absolute atomic E-state index is 0.160. The van der Waals surface area contributed by atoms with Gasteiger partial charge in [0.15, 0.2) is 0 Å². The molecule has 1 aliphatic heterocycles. The van der Waals surface area contributed by atoms with E-state index in [1.807, 2.05) is 13.0 Å². The Bertz CT molecular complexity index is 450. The summed E-state index contributed by atoms with van der Waals surface area (Å²) >= 11 is 3.58. The lowest BCUT2D eigenvalue weighted by atomic mass is 10.0. The average Bonchev–Trinajstić information content (AvgIpc) is 2.44. The molecule has 0 saturated carbocycles.